The van der Waals surface area contributed by atoms with E-state index in [1.54, 1.807) is 6.07 Å². The van der Waals surface area contributed by atoms with E-state index in [1.165, 1.54) is 5.57 Å². The number of aromatic hydroxyl groups is 1. The molecule has 156 valence electrons. The first-order chi connectivity index (χ1) is 13.5. The molecule has 1 aliphatic carbocycles. The molecule has 2 N–H and O–H groups in total. The number of aliphatic hydroxyl groups excluding tert-OH is 1. The summed E-state index contributed by atoms with van der Waals surface area (Å²) in [4.78, 5) is 0. The monoisotopic (exact) mass is 404 g/mol. The van der Waals surface area contributed by atoms with Gasteiger partial charge in [0.05, 0.1) is 0 Å². The Morgan fingerprint density at radius 2 is 1.54 bits per heavy atom. The van der Waals surface area contributed by atoms with Crippen LogP contribution in [-0.2, 0) is 12.3 Å². The second kappa shape index (κ2) is 10.4. The Bertz CT molecular complexity index is 724. The fourth-order valence-corrected chi connectivity index (χ4v) is 5.20. The van der Waals surface area contributed by atoms with Gasteiger partial charge in [-0.25, -0.2) is 0 Å². The van der Waals surface area contributed by atoms with Crippen molar-refractivity contribution in [2.24, 2.45) is 5.41 Å². The normalized spacial score (nSPS) is 16.4. The van der Waals surface area contributed by atoms with Gasteiger partial charge in [0.1, 0.15) is 11.5 Å². The molecule has 0 aromatic heterocycles. The number of phenolic OH excluding ortho intramolecular Hbond substituents is 1. The first kappa shape index (κ1) is 22.9. The van der Waals surface area contributed by atoms with Crippen LogP contribution in [0.15, 0.2) is 29.5 Å². The molecule has 0 spiro atoms. The molecular weight excluding hydrogens is 368 g/mol. The number of hydrogen-bond acceptors (Lipinski definition) is 2. The van der Waals surface area contributed by atoms with Gasteiger partial charge < -0.3 is 10.2 Å². The minimum Gasteiger partial charge on any atom is -0.508 e. The number of aliphatic hydroxyl groups is 1. The van der Waals surface area contributed by atoms with Gasteiger partial charge in [-0.1, -0.05) is 65.5 Å². The first-order valence-corrected chi connectivity index (χ1v) is 11.5. The Labute approximate surface area is 176 Å². The van der Waals surface area contributed by atoms with Crippen molar-refractivity contribution in [3.63, 3.8) is 0 Å². The number of phenols is 1. The summed E-state index contributed by atoms with van der Waals surface area (Å²) in [5.74, 6) is 1.08. The highest BCUT2D eigenvalue weighted by Gasteiger charge is 2.34. The van der Waals surface area contributed by atoms with Gasteiger partial charge in [-0.05, 0) is 65.8 Å². The highest BCUT2D eigenvalue weighted by Crippen LogP contribution is 2.48. The molecule has 0 amide bonds. The lowest BCUT2D eigenvalue weighted by Crippen LogP contribution is -2.24. The van der Waals surface area contributed by atoms with Crippen LogP contribution in [-0.4, -0.2) is 10.2 Å². The third kappa shape index (κ3) is 4.76. The van der Waals surface area contributed by atoms with Gasteiger partial charge in [0.2, 0.25) is 0 Å². The van der Waals surface area contributed by atoms with Crippen molar-refractivity contribution in [1.82, 2.24) is 0 Å². The maximum Gasteiger partial charge on any atom is 0.122 e. The molecule has 0 radical (unpaired) electrons. The number of hydrogen-bond donors (Lipinski definition) is 2. The maximum absolute atomic E-state index is 11.2. The first-order valence-electron chi connectivity index (χ1n) is 11.0. The van der Waals surface area contributed by atoms with E-state index in [9.17, 15) is 10.2 Å². The van der Waals surface area contributed by atoms with Gasteiger partial charge in [0.25, 0.3) is 0 Å². The van der Waals surface area contributed by atoms with Crippen molar-refractivity contribution in [2.45, 2.75) is 91.4 Å². The highest BCUT2D eigenvalue weighted by atomic mass is 35.5. The van der Waals surface area contributed by atoms with E-state index < -0.39 is 0 Å². The number of alkyl halides is 1. The minimum absolute atomic E-state index is 0.0992. The van der Waals surface area contributed by atoms with Crippen molar-refractivity contribution in [3.8, 4) is 5.75 Å². The fourth-order valence-electron chi connectivity index (χ4n) is 4.90. The summed E-state index contributed by atoms with van der Waals surface area (Å²) in [6, 6.07) is 3.70. The summed E-state index contributed by atoms with van der Waals surface area (Å²) in [6.45, 7) is 8.76. The third-order valence-corrected chi connectivity index (χ3v) is 6.25. The van der Waals surface area contributed by atoms with E-state index in [0.29, 0.717) is 17.4 Å². The molecule has 0 aliphatic heterocycles. The second-order valence-electron chi connectivity index (χ2n) is 8.27. The van der Waals surface area contributed by atoms with Gasteiger partial charge in [0.15, 0.2) is 0 Å². The zero-order chi connectivity index (χ0) is 20.7. The molecule has 0 atom stereocenters. The van der Waals surface area contributed by atoms with Crippen molar-refractivity contribution >= 4 is 17.2 Å². The van der Waals surface area contributed by atoms with Crippen LogP contribution in [0.5, 0.6) is 5.75 Å². The van der Waals surface area contributed by atoms with Gasteiger partial charge in [-0.2, -0.15) is 0 Å². The van der Waals surface area contributed by atoms with Gasteiger partial charge in [0, 0.05) is 11.5 Å². The van der Waals surface area contributed by atoms with Crippen LogP contribution in [0.2, 0.25) is 0 Å². The van der Waals surface area contributed by atoms with Gasteiger partial charge in [-0.3, -0.25) is 0 Å². The van der Waals surface area contributed by atoms with Crippen LogP contribution in [0, 0.1) is 5.41 Å². The van der Waals surface area contributed by atoms with Crippen LogP contribution in [0.4, 0.5) is 0 Å². The molecule has 0 saturated heterocycles. The topological polar surface area (TPSA) is 40.5 Å². The summed E-state index contributed by atoms with van der Waals surface area (Å²) in [5.41, 5.74) is 5.06. The van der Waals surface area contributed by atoms with Gasteiger partial charge in [-0.15, -0.1) is 11.6 Å². The fraction of sp³-hybridized carbons (Fsp3) is 0.600. The largest absolute Gasteiger partial charge is 0.508 e. The van der Waals surface area contributed by atoms with E-state index in [4.69, 9.17) is 11.6 Å². The summed E-state index contributed by atoms with van der Waals surface area (Å²) in [6.07, 6.45) is 11.5. The quantitative estimate of drug-likeness (QED) is 0.387. The number of rotatable bonds is 10. The highest BCUT2D eigenvalue weighted by molar-refractivity contribution is 6.17. The Kier molecular flexibility index (Phi) is 8.49. The molecule has 1 aliphatic rings. The van der Waals surface area contributed by atoms with E-state index in [-0.39, 0.29) is 5.41 Å². The van der Waals surface area contributed by atoms with Crippen LogP contribution in [0.3, 0.4) is 0 Å². The zero-order valence-electron chi connectivity index (χ0n) is 18.1. The Balaban J connectivity index is 2.71. The zero-order valence-corrected chi connectivity index (χ0v) is 18.8. The SMILES string of the molecule is CCCC1=C(O)C(c2ccc(O)c(CCC)c2CCl)=CC(CCC)(CCC)C1. The minimum atomic E-state index is 0.0992. The molecule has 0 fully saturated rings. The molecule has 0 heterocycles. The van der Waals surface area contributed by atoms with Crippen molar-refractivity contribution in [2.75, 3.05) is 0 Å². The average Bonchev–Trinajstić information content (AvgIpc) is 2.67. The van der Waals surface area contributed by atoms with Crippen LogP contribution in [0.1, 0.15) is 95.8 Å². The Morgan fingerprint density at radius 1 is 0.893 bits per heavy atom. The lowest BCUT2D eigenvalue weighted by molar-refractivity contribution is 0.292. The van der Waals surface area contributed by atoms with E-state index in [1.807, 2.05) is 6.07 Å². The van der Waals surface area contributed by atoms with Crippen LogP contribution >= 0.6 is 11.6 Å². The Morgan fingerprint density at radius 3 is 2.07 bits per heavy atom. The predicted octanol–water partition coefficient (Wildman–Crippen LogP) is 8.07. The molecule has 28 heavy (non-hydrogen) atoms. The molecule has 1 aromatic rings. The summed E-state index contributed by atoms with van der Waals surface area (Å²) < 4.78 is 0. The molecule has 2 nitrogen and oxygen atoms in total. The third-order valence-electron chi connectivity index (χ3n) is 5.98. The lowest BCUT2D eigenvalue weighted by atomic mass is 9.68. The summed E-state index contributed by atoms with van der Waals surface area (Å²) in [5, 5.41) is 21.6. The molecule has 3 heteroatoms. The van der Waals surface area contributed by atoms with E-state index in [2.05, 4.69) is 33.8 Å². The second-order valence-corrected chi connectivity index (χ2v) is 8.54. The van der Waals surface area contributed by atoms with Crippen LogP contribution < -0.4 is 0 Å². The standard InChI is InChI=1S/C25H37ClO2/c1-5-9-18-15-25(13-7-3,14-8-4)16-21(24(18)28)19-11-12-23(27)20(10-6-2)22(19)17-26/h11-12,16,27-28H,5-10,13-15,17H2,1-4H3. The Hall–Kier alpha value is -1.41. The molecule has 2 rings (SSSR count). The van der Waals surface area contributed by atoms with Crippen molar-refractivity contribution < 1.29 is 10.2 Å². The molecule has 0 bridgehead atoms. The lowest BCUT2D eigenvalue weighted by Gasteiger charge is -2.37. The summed E-state index contributed by atoms with van der Waals surface area (Å²) in [7, 11) is 0. The number of allylic oxidation sites excluding steroid dienone is 3. The molecule has 0 unspecified atom stereocenters. The van der Waals surface area contributed by atoms with Crippen molar-refractivity contribution in [1.29, 1.82) is 0 Å². The maximum atomic E-state index is 11.2. The summed E-state index contributed by atoms with van der Waals surface area (Å²) >= 11 is 6.37. The van der Waals surface area contributed by atoms with Crippen LogP contribution in [0.25, 0.3) is 5.57 Å². The molecule has 1 aromatic carbocycles. The van der Waals surface area contributed by atoms with E-state index in [0.717, 1.165) is 80.1 Å². The predicted molar refractivity (Wildman–Crippen MR) is 121 cm³/mol. The average molecular weight is 405 g/mol. The smallest absolute Gasteiger partial charge is 0.122 e. The number of benzene rings is 1. The molecular formula is C25H37ClO2. The number of halogens is 1. The molecule has 0 saturated carbocycles. The van der Waals surface area contributed by atoms with E-state index >= 15 is 0 Å². The van der Waals surface area contributed by atoms with Gasteiger partial charge >= 0.3 is 0 Å². The van der Waals surface area contributed by atoms with Crippen molar-refractivity contribution in [3.05, 3.63) is 46.2 Å².